The predicted octanol–water partition coefficient (Wildman–Crippen LogP) is 5.25. The summed E-state index contributed by atoms with van der Waals surface area (Å²) in [5.41, 5.74) is 11.0. The van der Waals surface area contributed by atoms with Crippen LogP contribution in [0.2, 0.25) is 0 Å². The summed E-state index contributed by atoms with van der Waals surface area (Å²) >= 11 is 0. The van der Waals surface area contributed by atoms with Gasteiger partial charge in [-0.2, -0.15) is 0 Å². The molecule has 10 nitrogen and oxygen atoms in total. The first-order valence-electron chi connectivity index (χ1n) is 14.9. The number of aryl methyl sites for hydroxylation is 2. The van der Waals surface area contributed by atoms with Gasteiger partial charge in [-0.25, -0.2) is 9.78 Å². The molecule has 1 aromatic heterocycles. The van der Waals surface area contributed by atoms with Crippen molar-refractivity contribution >= 4 is 17.9 Å². The third kappa shape index (κ3) is 8.36. The largest absolute Gasteiger partial charge is 0.453 e. The molecule has 0 aliphatic rings. The molecule has 236 valence electrons. The predicted molar refractivity (Wildman–Crippen MR) is 172 cm³/mol. The first-order chi connectivity index (χ1) is 21.6. The van der Waals surface area contributed by atoms with Crippen LogP contribution in [0.4, 0.5) is 4.79 Å². The minimum atomic E-state index is -0.989. The van der Waals surface area contributed by atoms with Crippen LogP contribution in [-0.4, -0.2) is 58.6 Å². The van der Waals surface area contributed by atoms with Gasteiger partial charge in [-0.3, -0.25) is 9.59 Å². The molecule has 2 atom stereocenters. The number of aromatic amines is 1. The zero-order chi connectivity index (χ0) is 32.5. The van der Waals surface area contributed by atoms with Gasteiger partial charge in [0, 0.05) is 18.0 Å². The maximum absolute atomic E-state index is 14.5. The smallest absolute Gasteiger partial charge is 0.407 e. The number of primary amides is 1. The standard InChI is InChI=1S/C35H41N5O5/c1-22(2)40(34(42)29(39-35(43)44-5)18-28-23(3)16-27(32(36)41)17-24(28)4)31(21-45-20-25-12-8-6-9-13-25)33-37-19-30(38-33)26-14-10-7-11-15-26/h6-17,19,22,29,31H,18,20-21H2,1-5H3,(H2,36,41)(H,37,38)(H,39,43)/t29-,31-/m0/s1. The maximum Gasteiger partial charge on any atom is 0.407 e. The van der Waals surface area contributed by atoms with Gasteiger partial charge < -0.3 is 30.4 Å². The minimum absolute atomic E-state index is 0.150. The van der Waals surface area contributed by atoms with E-state index in [0.29, 0.717) is 18.0 Å². The van der Waals surface area contributed by atoms with Crippen molar-refractivity contribution < 1.29 is 23.9 Å². The Kier molecular flexibility index (Phi) is 11.1. The molecule has 4 rings (SSSR count). The molecule has 0 radical (unpaired) electrons. The van der Waals surface area contributed by atoms with Crippen LogP contribution in [0.25, 0.3) is 11.3 Å². The Hall–Kier alpha value is -4.96. The molecule has 3 amide bonds. The highest BCUT2D eigenvalue weighted by atomic mass is 16.5. The molecule has 4 N–H and O–H groups in total. The third-order valence-electron chi connectivity index (χ3n) is 7.69. The molecule has 0 saturated heterocycles. The zero-order valence-electron chi connectivity index (χ0n) is 26.4. The molecule has 0 aliphatic heterocycles. The van der Waals surface area contributed by atoms with Crippen molar-refractivity contribution in [2.75, 3.05) is 13.7 Å². The van der Waals surface area contributed by atoms with Gasteiger partial charge in [-0.15, -0.1) is 0 Å². The van der Waals surface area contributed by atoms with Crippen LogP contribution in [-0.2, 0) is 27.3 Å². The average molecular weight is 612 g/mol. The highest BCUT2D eigenvalue weighted by Crippen LogP contribution is 2.27. The van der Waals surface area contributed by atoms with E-state index in [0.717, 1.165) is 33.5 Å². The highest BCUT2D eigenvalue weighted by molar-refractivity contribution is 5.93. The van der Waals surface area contributed by atoms with Crippen LogP contribution >= 0.6 is 0 Å². The van der Waals surface area contributed by atoms with Gasteiger partial charge in [0.1, 0.15) is 17.9 Å². The van der Waals surface area contributed by atoms with E-state index in [1.54, 1.807) is 23.2 Å². The molecule has 1 heterocycles. The second kappa shape index (κ2) is 15.2. The fourth-order valence-electron chi connectivity index (χ4n) is 5.43. The summed E-state index contributed by atoms with van der Waals surface area (Å²) in [6.07, 6.45) is 1.18. The van der Waals surface area contributed by atoms with Crippen molar-refractivity contribution in [3.8, 4) is 11.3 Å². The number of hydrogen-bond acceptors (Lipinski definition) is 6. The molecule has 0 aliphatic carbocycles. The Morgan fingerprint density at radius 3 is 2.18 bits per heavy atom. The van der Waals surface area contributed by atoms with Crippen molar-refractivity contribution in [2.45, 2.75) is 58.8 Å². The number of H-pyrrole nitrogens is 1. The number of nitrogens with one attached hydrogen (secondary N) is 2. The number of benzene rings is 3. The zero-order valence-corrected chi connectivity index (χ0v) is 26.4. The molecule has 0 bridgehead atoms. The lowest BCUT2D eigenvalue weighted by Gasteiger charge is -2.36. The number of nitrogens with zero attached hydrogens (tertiary/aromatic N) is 2. The van der Waals surface area contributed by atoms with Gasteiger partial charge in [0.15, 0.2) is 0 Å². The lowest BCUT2D eigenvalue weighted by Crippen LogP contribution is -2.53. The molecule has 10 heteroatoms. The molecule has 4 aromatic rings. The third-order valence-corrected chi connectivity index (χ3v) is 7.69. The van der Waals surface area contributed by atoms with E-state index in [1.165, 1.54) is 7.11 Å². The molecular weight excluding hydrogens is 570 g/mol. The van der Waals surface area contributed by atoms with Crippen molar-refractivity contribution in [3.63, 3.8) is 0 Å². The Labute approximate surface area is 264 Å². The van der Waals surface area contributed by atoms with Crippen LogP contribution in [0.5, 0.6) is 0 Å². The van der Waals surface area contributed by atoms with E-state index < -0.39 is 24.1 Å². The first kappa shape index (κ1) is 32.9. The highest BCUT2D eigenvalue weighted by Gasteiger charge is 2.36. The number of ether oxygens (including phenoxy) is 2. The van der Waals surface area contributed by atoms with Crippen LogP contribution in [0, 0.1) is 13.8 Å². The van der Waals surface area contributed by atoms with Gasteiger partial charge in [0.25, 0.3) is 0 Å². The van der Waals surface area contributed by atoms with Crippen molar-refractivity contribution in [1.82, 2.24) is 20.2 Å². The van der Waals surface area contributed by atoms with Gasteiger partial charge in [0.05, 0.1) is 32.2 Å². The average Bonchev–Trinajstić information content (AvgIpc) is 3.52. The summed E-state index contributed by atoms with van der Waals surface area (Å²) in [5, 5.41) is 2.75. The van der Waals surface area contributed by atoms with E-state index in [4.69, 9.17) is 20.2 Å². The number of imidazole rings is 1. The quantitative estimate of drug-likeness (QED) is 0.189. The Morgan fingerprint density at radius 2 is 1.60 bits per heavy atom. The summed E-state index contributed by atoms with van der Waals surface area (Å²) in [5.74, 6) is -0.316. The van der Waals surface area contributed by atoms with Crippen molar-refractivity contribution in [1.29, 1.82) is 0 Å². The van der Waals surface area contributed by atoms with Gasteiger partial charge in [-0.1, -0.05) is 60.7 Å². The van der Waals surface area contributed by atoms with Gasteiger partial charge in [-0.05, 0) is 67.6 Å². The summed E-state index contributed by atoms with van der Waals surface area (Å²) in [4.78, 5) is 48.7. The lowest BCUT2D eigenvalue weighted by molar-refractivity contribution is -0.140. The van der Waals surface area contributed by atoms with Gasteiger partial charge >= 0.3 is 6.09 Å². The molecule has 3 aromatic carbocycles. The molecule has 0 spiro atoms. The Bertz CT molecular complexity index is 1580. The number of hydrogen-bond donors (Lipinski definition) is 3. The van der Waals surface area contributed by atoms with Crippen LogP contribution in [0.15, 0.2) is 79.0 Å². The summed E-state index contributed by atoms with van der Waals surface area (Å²) < 4.78 is 11.1. The van der Waals surface area contributed by atoms with Crippen LogP contribution in [0.3, 0.4) is 0 Å². The normalized spacial score (nSPS) is 12.4. The number of methoxy groups -OCH3 is 1. The maximum atomic E-state index is 14.5. The van der Waals surface area contributed by atoms with Gasteiger partial charge in [0.2, 0.25) is 11.8 Å². The summed E-state index contributed by atoms with van der Waals surface area (Å²) in [6, 6.07) is 21.1. The number of aromatic nitrogens is 2. The second-order valence-electron chi connectivity index (χ2n) is 11.2. The van der Waals surface area contributed by atoms with E-state index in [2.05, 4.69) is 10.3 Å². The molecule has 45 heavy (non-hydrogen) atoms. The number of rotatable bonds is 13. The number of amides is 3. The van der Waals surface area contributed by atoms with E-state index in [9.17, 15) is 14.4 Å². The number of carbonyl (C=O) groups excluding carboxylic acids is 3. The number of alkyl carbamates (subject to hydrolysis) is 1. The lowest BCUT2D eigenvalue weighted by atomic mass is 9.93. The molecule has 0 unspecified atom stereocenters. The Morgan fingerprint density at radius 1 is 0.978 bits per heavy atom. The monoisotopic (exact) mass is 611 g/mol. The molecule has 0 saturated carbocycles. The van der Waals surface area contributed by atoms with E-state index in [-0.39, 0.29) is 25.0 Å². The summed E-state index contributed by atoms with van der Waals surface area (Å²) in [6.45, 7) is 8.02. The van der Waals surface area contributed by atoms with Crippen molar-refractivity contribution in [2.24, 2.45) is 5.73 Å². The minimum Gasteiger partial charge on any atom is -0.453 e. The number of nitrogens with two attached hydrogens (primary N) is 1. The number of carbonyl (C=O) groups is 3. The second-order valence-corrected chi connectivity index (χ2v) is 11.2. The van der Waals surface area contributed by atoms with E-state index in [1.807, 2.05) is 88.4 Å². The summed E-state index contributed by atoms with van der Waals surface area (Å²) in [7, 11) is 1.25. The topological polar surface area (TPSA) is 140 Å². The van der Waals surface area contributed by atoms with Crippen molar-refractivity contribution in [3.05, 3.63) is 113 Å². The van der Waals surface area contributed by atoms with Crippen LogP contribution in [0.1, 0.15) is 58.3 Å². The molecular formula is C35H41N5O5. The SMILES string of the molecule is COC(=O)N[C@@H](Cc1c(C)cc(C(N)=O)cc1C)C(=O)N(C(C)C)[C@@H](COCc1ccccc1)c1ncc(-c2ccccc2)[nH]1. The molecule has 0 fully saturated rings. The fraction of sp³-hybridized carbons (Fsp3) is 0.314. The van der Waals surface area contributed by atoms with Crippen LogP contribution < -0.4 is 11.1 Å². The fourth-order valence-corrected chi connectivity index (χ4v) is 5.43. The van der Waals surface area contributed by atoms with E-state index >= 15 is 0 Å². The Balaban J connectivity index is 1.71. The first-order valence-corrected chi connectivity index (χ1v) is 14.9.